The third kappa shape index (κ3) is 4.79. The van der Waals surface area contributed by atoms with E-state index in [2.05, 4.69) is 56.0 Å². The average molecular weight is 212 g/mol. The predicted octanol–water partition coefficient (Wildman–Crippen LogP) is 4.75. The van der Waals surface area contributed by atoms with Crippen LogP contribution in [0.15, 0.2) is 72.9 Å². The minimum Gasteiger partial charge on any atom is -0.0991 e. The lowest BCUT2D eigenvalue weighted by Crippen LogP contribution is -1.96. The fourth-order valence-electron chi connectivity index (χ4n) is 1.61. The molecule has 16 heavy (non-hydrogen) atoms. The highest BCUT2D eigenvalue weighted by molar-refractivity contribution is 5.25. The molecule has 1 aliphatic rings. The quantitative estimate of drug-likeness (QED) is 0.577. The largest absolute Gasteiger partial charge is 0.0991 e. The third-order valence-corrected chi connectivity index (χ3v) is 2.64. The van der Waals surface area contributed by atoms with Crippen LogP contribution in [0, 0.1) is 5.92 Å². The Morgan fingerprint density at radius 3 is 2.94 bits per heavy atom. The van der Waals surface area contributed by atoms with E-state index in [1.165, 1.54) is 5.57 Å². The molecule has 1 rings (SSSR count). The standard InChI is InChI=1S/C16H20/c1-3-4-5-6-9-12-15(2)16-13-10-7-8-11-14-16/h3-11,13,15H,1,12,14H2,2H3/b5-4-,9-6-. The Labute approximate surface area is 99.1 Å². The number of hydrogen-bond donors (Lipinski definition) is 0. The number of rotatable bonds is 5. The normalized spacial score (nSPS) is 17.7. The van der Waals surface area contributed by atoms with E-state index in [1.54, 1.807) is 6.08 Å². The van der Waals surface area contributed by atoms with Crippen LogP contribution in [0.25, 0.3) is 0 Å². The summed E-state index contributed by atoms with van der Waals surface area (Å²) in [4.78, 5) is 0. The van der Waals surface area contributed by atoms with Crippen LogP contribution in [0.3, 0.4) is 0 Å². The fraction of sp³-hybridized carbons (Fsp3) is 0.250. The Balaban J connectivity index is 2.42. The molecule has 0 amide bonds. The summed E-state index contributed by atoms with van der Waals surface area (Å²) in [5, 5.41) is 0. The van der Waals surface area contributed by atoms with Crippen molar-refractivity contribution < 1.29 is 0 Å². The molecule has 0 saturated heterocycles. The molecule has 0 spiro atoms. The van der Waals surface area contributed by atoms with Gasteiger partial charge < -0.3 is 0 Å². The van der Waals surface area contributed by atoms with Gasteiger partial charge in [0, 0.05) is 0 Å². The van der Waals surface area contributed by atoms with E-state index in [0.717, 1.165) is 12.8 Å². The second kappa shape index (κ2) is 7.70. The molecule has 0 aliphatic heterocycles. The molecule has 0 bridgehead atoms. The Bertz CT molecular complexity index is 348. The average Bonchev–Trinajstić information content (AvgIpc) is 2.57. The van der Waals surface area contributed by atoms with Crippen LogP contribution in [0.5, 0.6) is 0 Å². The molecular formula is C16H20. The van der Waals surface area contributed by atoms with Crippen LogP contribution >= 0.6 is 0 Å². The van der Waals surface area contributed by atoms with Crippen LogP contribution in [0.2, 0.25) is 0 Å². The maximum absolute atomic E-state index is 3.63. The minimum absolute atomic E-state index is 0.612. The highest BCUT2D eigenvalue weighted by Crippen LogP contribution is 2.20. The van der Waals surface area contributed by atoms with Crippen molar-refractivity contribution in [3.63, 3.8) is 0 Å². The van der Waals surface area contributed by atoms with Gasteiger partial charge in [0.2, 0.25) is 0 Å². The Hall–Kier alpha value is -1.56. The SMILES string of the molecule is C=C/C=C\C=C/CC(C)C1=CC=CC=CC1. The summed E-state index contributed by atoms with van der Waals surface area (Å²) in [6.07, 6.45) is 23.0. The number of allylic oxidation sites excluding steroid dienone is 11. The van der Waals surface area contributed by atoms with Gasteiger partial charge in [-0.3, -0.25) is 0 Å². The van der Waals surface area contributed by atoms with Crippen molar-refractivity contribution in [1.82, 2.24) is 0 Å². The predicted molar refractivity (Wildman–Crippen MR) is 73.2 cm³/mol. The summed E-state index contributed by atoms with van der Waals surface area (Å²) in [6, 6.07) is 0. The Kier molecular flexibility index (Phi) is 6.02. The summed E-state index contributed by atoms with van der Waals surface area (Å²) < 4.78 is 0. The summed E-state index contributed by atoms with van der Waals surface area (Å²) in [5.74, 6) is 0.612. The van der Waals surface area contributed by atoms with E-state index in [4.69, 9.17) is 0 Å². The van der Waals surface area contributed by atoms with E-state index < -0.39 is 0 Å². The van der Waals surface area contributed by atoms with E-state index >= 15 is 0 Å². The molecule has 0 aromatic carbocycles. The molecule has 1 unspecified atom stereocenters. The van der Waals surface area contributed by atoms with Gasteiger partial charge in [-0.15, -0.1) is 0 Å². The highest BCUT2D eigenvalue weighted by Gasteiger charge is 2.05. The van der Waals surface area contributed by atoms with Gasteiger partial charge in [-0.1, -0.05) is 79.8 Å². The molecule has 84 valence electrons. The topological polar surface area (TPSA) is 0 Å². The summed E-state index contributed by atoms with van der Waals surface area (Å²) >= 11 is 0. The zero-order chi connectivity index (χ0) is 11.6. The molecule has 0 radical (unpaired) electrons. The van der Waals surface area contributed by atoms with Crippen molar-refractivity contribution in [2.75, 3.05) is 0 Å². The maximum atomic E-state index is 3.63. The third-order valence-electron chi connectivity index (χ3n) is 2.64. The lowest BCUT2D eigenvalue weighted by Gasteiger charge is -2.11. The van der Waals surface area contributed by atoms with Crippen LogP contribution in [0.1, 0.15) is 19.8 Å². The monoisotopic (exact) mass is 212 g/mol. The number of hydrogen-bond acceptors (Lipinski definition) is 0. The molecule has 0 fully saturated rings. The lowest BCUT2D eigenvalue weighted by atomic mass is 9.94. The van der Waals surface area contributed by atoms with Gasteiger partial charge >= 0.3 is 0 Å². The van der Waals surface area contributed by atoms with Gasteiger partial charge in [0.1, 0.15) is 0 Å². The first kappa shape index (κ1) is 12.5. The molecule has 0 nitrogen and oxygen atoms in total. The molecule has 0 saturated carbocycles. The van der Waals surface area contributed by atoms with Crippen LogP contribution in [-0.4, -0.2) is 0 Å². The first-order valence-corrected chi connectivity index (χ1v) is 5.81. The van der Waals surface area contributed by atoms with Crippen molar-refractivity contribution in [1.29, 1.82) is 0 Å². The van der Waals surface area contributed by atoms with E-state index in [0.29, 0.717) is 5.92 Å². The molecule has 0 aromatic rings. The van der Waals surface area contributed by atoms with Crippen LogP contribution in [-0.2, 0) is 0 Å². The van der Waals surface area contributed by atoms with Crippen LogP contribution < -0.4 is 0 Å². The summed E-state index contributed by atoms with van der Waals surface area (Å²) in [6.45, 7) is 5.91. The van der Waals surface area contributed by atoms with Crippen LogP contribution in [0.4, 0.5) is 0 Å². The Morgan fingerprint density at radius 2 is 2.12 bits per heavy atom. The summed E-state index contributed by atoms with van der Waals surface area (Å²) in [7, 11) is 0. The fourth-order valence-corrected chi connectivity index (χ4v) is 1.61. The van der Waals surface area contributed by atoms with Gasteiger partial charge in [-0.05, 0) is 18.8 Å². The van der Waals surface area contributed by atoms with Gasteiger partial charge in [-0.2, -0.15) is 0 Å². The maximum Gasteiger partial charge on any atom is -0.0130 e. The molecule has 0 heteroatoms. The van der Waals surface area contributed by atoms with Crippen molar-refractivity contribution in [3.05, 3.63) is 72.9 Å². The zero-order valence-corrected chi connectivity index (χ0v) is 9.97. The first-order chi connectivity index (χ1) is 7.84. The summed E-state index contributed by atoms with van der Waals surface area (Å²) in [5.41, 5.74) is 1.50. The first-order valence-electron chi connectivity index (χ1n) is 5.81. The molecule has 1 aliphatic carbocycles. The second-order valence-corrected chi connectivity index (χ2v) is 3.94. The Morgan fingerprint density at radius 1 is 1.25 bits per heavy atom. The zero-order valence-electron chi connectivity index (χ0n) is 9.97. The van der Waals surface area contributed by atoms with E-state index in [9.17, 15) is 0 Å². The second-order valence-electron chi connectivity index (χ2n) is 3.94. The van der Waals surface area contributed by atoms with E-state index in [-0.39, 0.29) is 0 Å². The van der Waals surface area contributed by atoms with Gasteiger partial charge in [0.25, 0.3) is 0 Å². The van der Waals surface area contributed by atoms with Crippen molar-refractivity contribution in [3.8, 4) is 0 Å². The van der Waals surface area contributed by atoms with Crippen molar-refractivity contribution in [2.45, 2.75) is 19.8 Å². The molecule has 0 aromatic heterocycles. The molecular weight excluding hydrogens is 192 g/mol. The van der Waals surface area contributed by atoms with Crippen molar-refractivity contribution in [2.24, 2.45) is 5.92 Å². The smallest absolute Gasteiger partial charge is 0.0130 e. The lowest BCUT2D eigenvalue weighted by molar-refractivity contribution is 0.679. The van der Waals surface area contributed by atoms with Crippen molar-refractivity contribution >= 4 is 0 Å². The van der Waals surface area contributed by atoms with Gasteiger partial charge in [0.15, 0.2) is 0 Å². The van der Waals surface area contributed by atoms with Gasteiger partial charge in [0.05, 0.1) is 0 Å². The molecule has 0 N–H and O–H groups in total. The minimum atomic E-state index is 0.612. The van der Waals surface area contributed by atoms with Gasteiger partial charge in [-0.25, -0.2) is 0 Å². The van der Waals surface area contributed by atoms with E-state index in [1.807, 2.05) is 12.2 Å². The molecule has 0 heterocycles. The highest BCUT2D eigenvalue weighted by atomic mass is 14.1. The molecule has 1 atom stereocenters.